The topological polar surface area (TPSA) is 213 Å². The minimum Gasteiger partial charge on any atom is -0.308 e. The number of benzene rings is 10. The van der Waals surface area contributed by atoms with Gasteiger partial charge in [-0.2, -0.15) is 55.3 Å². The van der Waals surface area contributed by atoms with Gasteiger partial charge in [0, 0.05) is 32.7 Å². The summed E-state index contributed by atoms with van der Waals surface area (Å²) in [5.74, 6) is 0. The highest BCUT2D eigenvalue weighted by Crippen LogP contribution is 2.48. The molecule has 14 heteroatoms. The largest absolute Gasteiger partial charge is 0.420 e. The molecule has 13 aromatic rings. The van der Waals surface area contributed by atoms with Crippen molar-refractivity contribution in [3.05, 3.63) is 256 Å². The number of nitrogens with zero attached hydrogens (tertiary/aromatic N) is 11. The Morgan fingerprint density at radius 1 is 0.273 bits per heavy atom. The van der Waals surface area contributed by atoms with E-state index < -0.39 is 11.7 Å². The lowest BCUT2D eigenvalue weighted by Crippen LogP contribution is -2.16. The van der Waals surface area contributed by atoms with E-state index in [4.69, 9.17) is 4.98 Å². The second-order valence-electron chi connectivity index (χ2n) is 20.9. The number of hydrogen-bond donors (Lipinski definition) is 0. The van der Waals surface area contributed by atoms with Crippen molar-refractivity contribution in [1.29, 1.82) is 42.1 Å². The number of nitriles is 8. The predicted octanol–water partition coefficient (Wildman–Crippen LogP) is 17.3. The van der Waals surface area contributed by atoms with Crippen LogP contribution in [0.15, 0.2) is 206 Å². The molecule has 3 heterocycles. The van der Waals surface area contributed by atoms with Gasteiger partial charge in [-0.05, 0) is 166 Å². The first kappa shape index (κ1) is 53.9. The number of fused-ring (bicyclic) bond motifs is 6. The van der Waals surface area contributed by atoms with Crippen LogP contribution in [0.5, 0.6) is 0 Å². The zero-order valence-electron chi connectivity index (χ0n) is 45.7. The molecule has 0 amide bonds. The van der Waals surface area contributed by atoms with Crippen LogP contribution in [-0.4, -0.2) is 14.1 Å². The fraction of sp³-hybridized carbons (Fsp3) is 0.0135. The molecule has 0 aliphatic carbocycles. The van der Waals surface area contributed by atoms with Gasteiger partial charge < -0.3 is 9.13 Å². The lowest BCUT2D eigenvalue weighted by atomic mass is 9.98. The van der Waals surface area contributed by atoms with Gasteiger partial charge >= 0.3 is 6.18 Å². The Kier molecular flexibility index (Phi) is 13.1. The number of alkyl halides is 3. The third kappa shape index (κ3) is 9.45. The zero-order valence-corrected chi connectivity index (χ0v) is 45.7. The van der Waals surface area contributed by atoms with E-state index in [2.05, 4.69) is 48.6 Å². The number of hydrogen-bond acceptors (Lipinski definition) is 9. The number of pyridine rings is 1. The van der Waals surface area contributed by atoms with Crippen LogP contribution in [0.1, 0.15) is 50.1 Å². The van der Waals surface area contributed by atoms with E-state index in [0.717, 1.165) is 5.56 Å². The summed E-state index contributed by atoms with van der Waals surface area (Å²) >= 11 is 0. The van der Waals surface area contributed by atoms with Gasteiger partial charge in [0.2, 0.25) is 0 Å². The smallest absolute Gasteiger partial charge is 0.308 e. The number of halogens is 3. The van der Waals surface area contributed by atoms with Crippen molar-refractivity contribution in [2.75, 3.05) is 0 Å². The minimum absolute atomic E-state index is 0.196. The first-order chi connectivity index (χ1) is 42.8. The van der Waals surface area contributed by atoms with Crippen molar-refractivity contribution in [1.82, 2.24) is 14.1 Å². The van der Waals surface area contributed by atoms with Gasteiger partial charge in [0.15, 0.2) is 0 Å². The summed E-state index contributed by atoms with van der Waals surface area (Å²) in [6, 6.07) is 74.3. The van der Waals surface area contributed by atoms with Gasteiger partial charge in [0.1, 0.15) is 5.56 Å². The van der Waals surface area contributed by atoms with E-state index in [1.54, 1.807) is 143 Å². The molecule has 88 heavy (non-hydrogen) atoms. The van der Waals surface area contributed by atoms with Gasteiger partial charge in [0.25, 0.3) is 0 Å². The second kappa shape index (κ2) is 21.4. The molecule has 0 aliphatic rings. The SMILES string of the molecule is N#Cc1cc(C#N)cc(-c2ccc3c4ccc(-c5cc(C#N)cc(C#N)c5)cc4n(-c4cc(-c5cccc(-c6ccccc6)n5)cc(-n5c6cc(-c7cc(C#N)cc(C#N)c7)ccc6c6ccc(-c7cc(C#N)cc(C#N)c7)cc65)c4C(F)(F)F)c3c2)c1. The lowest BCUT2D eigenvalue weighted by molar-refractivity contribution is -0.137. The molecule has 0 saturated carbocycles. The highest BCUT2D eigenvalue weighted by Gasteiger charge is 2.40. The van der Waals surface area contributed by atoms with E-state index in [1.807, 2.05) is 36.4 Å². The minimum atomic E-state index is -5.18. The quantitative estimate of drug-likeness (QED) is 0.141. The third-order valence-corrected chi connectivity index (χ3v) is 15.6. The van der Waals surface area contributed by atoms with Gasteiger partial charge in [0.05, 0.1) is 138 Å². The number of aromatic nitrogens is 3. The molecule has 0 atom stereocenters. The lowest BCUT2D eigenvalue weighted by Gasteiger charge is -2.23. The molecule has 0 saturated heterocycles. The summed E-state index contributed by atoms with van der Waals surface area (Å²) in [6.45, 7) is 0. The highest BCUT2D eigenvalue weighted by atomic mass is 19.4. The van der Waals surface area contributed by atoms with E-state index in [9.17, 15) is 42.1 Å². The molecule has 11 nitrogen and oxygen atoms in total. The maximum absolute atomic E-state index is 17.7. The van der Waals surface area contributed by atoms with Crippen molar-refractivity contribution < 1.29 is 13.2 Å². The van der Waals surface area contributed by atoms with E-state index in [-0.39, 0.29) is 61.4 Å². The molecule has 406 valence electrons. The van der Waals surface area contributed by atoms with Crippen LogP contribution in [0.3, 0.4) is 0 Å². The summed E-state index contributed by atoms with van der Waals surface area (Å²) < 4.78 is 56.1. The molecule has 0 fully saturated rings. The van der Waals surface area contributed by atoms with Crippen molar-refractivity contribution in [3.63, 3.8) is 0 Å². The molecule has 0 radical (unpaired) electrons. The van der Waals surface area contributed by atoms with Gasteiger partial charge in [-0.1, -0.05) is 84.9 Å². The molecular weight excluding hydrogens is 1100 g/mol. The van der Waals surface area contributed by atoms with E-state index >= 15 is 13.2 Å². The van der Waals surface area contributed by atoms with Crippen LogP contribution in [0, 0.1) is 90.6 Å². The maximum Gasteiger partial charge on any atom is 0.420 e. The molecule has 0 unspecified atom stereocenters. The Hall–Kier alpha value is -13.3. The summed E-state index contributed by atoms with van der Waals surface area (Å²) in [5.41, 5.74) is 6.65. The first-order valence-electron chi connectivity index (χ1n) is 27.1. The molecule has 10 aromatic carbocycles. The average molecular weight is 1130 g/mol. The summed E-state index contributed by atoms with van der Waals surface area (Å²) in [4.78, 5) is 5.13. The van der Waals surface area contributed by atoms with Gasteiger partial charge in [-0.25, -0.2) is 4.98 Å². The normalized spacial score (nSPS) is 11.0. The summed E-state index contributed by atoms with van der Waals surface area (Å²) in [7, 11) is 0. The number of rotatable bonds is 8. The van der Waals surface area contributed by atoms with Crippen LogP contribution in [-0.2, 0) is 6.18 Å². The standard InChI is InChI=1S/C74H34F3N11/c75-74(76,77)73-71(87-67-29-52(56-21-43(35-78)17-44(22-56)36-79)9-13-61(67)62-14-10-53(30-68(62)87)57-23-45(37-80)18-46(24-57)38-81)33-60(66-8-4-7-65(86-66)51-5-2-1-3-6-51)34-72(73)88-69-31-54(58-25-47(39-82)19-48(26-58)40-83)11-15-63(69)64-16-12-55(32-70(64)88)59-27-49(41-84)20-50(28-59)42-85/h1-34H. The Morgan fingerprint density at radius 2 is 0.557 bits per heavy atom. The van der Waals surface area contributed by atoms with E-state index in [1.165, 1.54) is 36.4 Å². The second-order valence-corrected chi connectivity index (χ2v) is 20.9. The van der Waals surface area contributed by atoms with Crippen molar-refractivity contribution >= 4 is 43.6 Å². The predicted molar refractivity (Wildman–Crippen MR) is 328 cm³/mol. The van der Waals surface area contributed by atoms with Crippen molar-refractivity contribution in [2.45, 2.75) is 6.18 Å². The van der Waals surface area contributed by atoms with Crippen LogP contribution in [0.4, 0.5) is 13.2 Å². The van der Waals surface area contributed by atoms with E-state index in [0.29, 0.717) is 99.5 Å². The van der Waals surface area contributed by atoms with Crippen LogP contribution in [0.25, 0.3) is 122 Å². The molecule has 13 rings (SSSR count). The Balaban J connectivity index is 1.22. The first-order valence-corrected chi connectivity index (χ1v) is 27.1. The molecule has 3 aromatic heterocycles. The monoisotopic (exact) mass is 1130 g/mol. The summed E-state index contributed by atoms with van der Waals surface area (Å²) in [6.07, 6.45) is -5.18. The molecule has 0 spiro atoms. The van der Waals surface area contributed by atoms with Crippen LogP contribution < -0.4 is 0 Å². The molecule has 0 bridgehead atoms. The molecule has 0 N–H and O–H groups in total. The van der Waals surface area contributed by atoms with Gasteiger partial charge in [-0.3, -0.25) is 0 Å². The Morgan fingerprint density at radius 3 is 0.830 bits per heavy atom. The fourth-order valence-corrected chi connectivity index (χ4v) is 11.7. The van der Waals surface area contributed by atoms with Crippen molar-refractivity contribution in [3.8, 4) is 127 Å². The highest BCUT2D eigenvalue weighted by molar-refractivity contribution is 6.13. The van der Waals surface area contributed by atoms with Gasteiger partial charge in [-0.15, -0.1) is 0 Å². The van der Waals surface area contributed by atoms with Crippen molar-refractivity contribution in [2.24, 2.45) is 0 Å². The zero-order chi connectivity index (χ0) is 61.0. The maximum atomic E-state index is 17.7. The van der Waals surface area contributed by atoms with Crippen LogP contribution >= 0.6 is 0 Å². The molecule has 0 aliphatic heterocycles. The van der Waals surface area contributed by atoms with Crippen LogP contribution in [0.2, 0.25) is 0 Å². The fourth-order valence-electron chi connectivity index (χ4n) is 11.7. The summed E-state index contributed by atoms with van der Waals surface area (Å²) in [5, 5.41) is 82.9. The average Bonchev–Trinajstić information content (AvgIpc) is 1.81. The Bertz CT molecular complexity index is 4870. The Labute approximate surface area is 500 Å². The molecular formula is C74H34F3N11. The third-order valence-electron chi connectivity index (χ3n) is 15.6.